The minimum absolute atomic E-state index is 0.138. The van der Waals surface area contributed by atoms with Gasteiger partial charge in [-0.05, 0) is 24.3 Å². The Kier molecular flexibility index (Phi) is 4.08. The normalized spacial score (nSPS) is 9.85. The molecule has 0 spiro atoms. The zero-order valence-corrected chi connectivity index (χ0v) is 11.4. The van der Waals surface area contributed by atoms with Crippen LogP contribution in [0.4, 0.5) is 17.1 Å². The van der Waals surface area contributed by atoms with Crippen molar-refractivity contribution in [3.8, 4) is 6.07 Å². The highest BCUT2D eigenvalue weighted by Crippen LogP contribution is 2.29. The molecule has 0 amide bonds. The first-order chi connectivity index (χ1) is 9.51. The molecule has 0 unspecified atom stereocenters. The molecule has 0 saturated carbocycles. The second kappa shape index (κ2) is 5.78. The second-order valence-electron chi connectivity index (χ2n) is 3.85. The van der Waals surface area contributed by atoms with Gasteiger partial charge in [-0.25, -0.2) is 0 Å². The summed E-state index contributed by atoms with van der Waals surface area (Å²) in [5, 5.41) is 23.5. The number of nitrogens with one attached hydrogen (secondary N) is 1. The van der Waals surface area contributed by atoms with Crippen LogP contribution in [0, 0.1) is 21.4 Å². The van der Waals surface area contributed by atoms with Crippen LogP contribution < -0.4 is 5.32 Å². The molecule has 20 heavy (non-hydrogen) atoms. The molecule has 1 N–H and O–H groups in total. The Balaban J connectivity index is 2.36. The van der Waals surface area contributed by atoms with Crippen LogP contribution in [0.3, 0.4) is 0 Å². The van der Waals surface area contributed by atoms with Gasteiger partial charge in [0.05, 0.1) is 26.2 Å². The van der Waals surface area contributed by atoms with Crippen molar-refractivity contribution in [3.63, 3.8) is 0 Å². The first-order valence-electron chi connectivity index (χ1n) is 5.42. The highest BCUT2D eigenvalue weighted by molar-refractivity contribution is 6.42. The van der Waals surface area contributed by atoms with E-state index in [0.717, 1.165) is 0 Å². The van der Waals surface area contributed by atoms with Crippen molar-refractivity contribution in [3.05, 3.63) is 62.1 Å². The van der Waals surface area contributed by atoms with Gasteiger partial charge in [-0.3, -0.25) is 10.1 Å². The summed E-state index contributed by atoms with van der Waals surface area (Å²) in [6.07, 6.45) is 0. The minimum Gasteiger partial charge on any atom is -0.354 e. The third-order valence-corrected chi connectivity index (χ3v) is 3.27. The quantitative estimate of drug-likeness (QED) is 0.668. The van der Waals surface area contributed by atoms with Crippen LogP contribution in [0.25, 0.3) is 0 Å². The number of benzene rings is 2. The van der Waals surface area contributed by atoms with E-state index >= 15 is 0 Å². The highest BCUT2D eigenvalue weighted by atomic mass is 35.5. The Bertz CT molecular complexity index is 726. The molecule has 2 aromatic carbocycles. The maximum atomic E-state index is 10.7. The summed E-state index contributed by atoms with van der Waals surface area (Å²) in [6, 6.07) is 10.8. The lowest BCUT2D eigenvalue weighted by molar-refractivity contribution is -0.384. The molecular weight excluding hydrogens is 301 g/mol. The third kappa shape index (κ3) is 2.99. The maximum absolute atomic E-state index is 10.7. The van der Waals surface area contributed by atoms with E-state index in [1.165, 1.54) is 18.2 Å². The molecule has 0 heterocycles. The molecule has 0 aliphatic rings. The first kappa shape index (κ1) is 14.1. The van der Waals surface area contributed by atoms with E-state index in [1.807, 2.05) is 6.07 Å². The molecule has 2 rings (SSSR count). The predicted molar refractivity (Wildman–Crippen MR) is 77.6 cm³/mol. The fourth-order valence-corrected chi connectivity index (χ4v) is 1.87. The molecule has 0 aliphatic carbocycles. The molecule has 100 valence electrons. The van der Waals surface area contributed by atoms with Gasteiger partial charge in [0.2, 0.25) is 0 Å². The minimum atomic E-state index is -0.552. The fraction of sp³-hybridized carbons (Fsp3) is 0. The van der Waals surface area contributed by atoms with Crippen LogP contribution >= 0.6 is 23.2 Å². The number of halogens is 2. The number of hydrogen-bond donors (Lipinski definition) is 1. The summed E-state index contributed by atoms with van der Waals surface area (Å²) in [4.78, 5) is 10.1. The van der Waals surface area contributed by atoms with Gasteiger partial charge in [0.15, 0.2) is 0 Å². The Morgan fingerprint density at radius 2 is 1.90 bits per heavy atom. The molecule has 2 aromatic rings. The maximum Gasteiger partial charge on any atom is 0.270 e. The lowest BCUT2D eigenvalue weighted by atomic mass is 10.1. The Hall–Kier alpha value is -2.29. The number of nitro benzene ring substituents is 1. The highest BCUT2D eigenvalue weighted by Gasteiger charge is 2.11. The van der Waals surface area contributed by atoms with E-state index in [4.69, 9.17) is 28.5 Å². The van der Waals surface area contributed by atoms with E-state index in [-0.39, 0.29) is 11.3 Å². The third-order valence-electron chi connectivity index (χ3n) is 2.53. The first-order valence-corrected chi connectivity index (χ1v) is 6.17. The van der Waals surface area contributed by atoms with Crippen LogP contribution in [0.5, 0.6) is 0 Å². The fourth-order valence-electron chi connectivity index (χ4n) is 1.58. The molecule has 5 nitrogen and oxygen atoms in total. The zero-order valence-electron chi connectivity index (χ0n) is 9.93. The van der Waals surface area contributed by atoms with Gasteiger partial charge in [-0.2, -0.15) is 5.26 Å². The Morgan fingerprint density at radius 1 is 1.15 bits per heavy atom. The summed E-state index contributed by atoms with van der Waals surface area (Å²) in [7, 11) is 0. The van der Waals surface area contributed by atoms with Crippen molar-refractivity contribution in [1.29, 1.82) is 5.26 Å². The summed E-state index contributed by atoms with van der Waals surface area (Å²) >= 11 is 11.7. The van der Waals surface area contributed by atoms with Gasteiger partial charge in [0.25, 0.3) is 5.69 Å². The largest absolute Gasteiger partial charge is 0.354 e. The van der Waals surface area contributed by atoms with Gasteiger partial charge in [0.1, 0.15) is 6.07 Å². The monoisotopic (exact) mass is 307 g/mol. The topological polar surface area (TPSA) is 79.0 Å². The van der Waals surface area contributed by atoms with E-state index in [1.54, 1.807) is 18.2 Å². The van der Waals surface area contributed by atoms with Crippen LogP contribution in [-0.2, 0) is 0 Å². The number of nitro groups is 1. The van der Waals surface area contributed by atoms with Crippen molar-refractivity contribution in [2.24, 2.45) is 0 Å². The molecule has 0 aliphatic heterocycles. The Morgan fingerprint density at radius 3 is 2.50 bits per heavy atom. The second-order valence-corrected chi connectivity index (χ2v) is 4.67. The summed E-state index contributed by atoms with van der Waals surface area (Å²) in [5.41, 5.74) is 1.12. The molecule has 0 fully saturated rings. The van der Waals surface area contributed by atoms with E-state index in [2.05, 4.69) is 5.32 Å². The molecular formula is C13H7Cl2N3O2. The van der Waals surface area contributed by atoms with Crippen LogP contribution in [0.2, 0.25) is 10.0 Å². The average Bonchev–Trinajstić information content (AvgIpc) is 2.43. The Labute approximate surface area is 124 Å². The number of anilines is 2. The molecule has 7 heteroatoms. The van der Waals surface area contributed by atoms with Gasteiger partial charge < -0.3 is 5.32 Å². The molecule has 0 aromatic heterocycles. The average molecular weight is 308 g/mol. The lowest BCUT2D eigenvalue weighted by Crippen LogP contribution is -1.96. The number of nitriles is 1. The zero-order chi connectivity index (χ0) is 14.7. The van der Waals surface area contributed by atoms with Crippen molar-refractivity contribution in [1.82, 2.24) is 0 Å². The van der Waals surface area contributed by atoms with Crippen molar-refractivity contribution in [2.75, 3.05) is 5.32 Å². The lowest BCUT2D eigenvalue weighted by Gasteiger charge is -2.09. The predicted octanol–water partition coefficient (Wildman–Crippen LogP) is 4.52. The van der Waals surface area contributed by atoms with Crippen molar-refractivity contribution in [2.45, 2.75) is 0 Å². The van der Waals surface area contributed by atoms with E-state index in [9.17, 15) is 10.1 Å². The van der Waals surface area contributed by atoms with Gasteiger partial charge in [-0.15, -0.1) is 0 Å². The molecule has 0 saturated heterocycles. The number of hydrogen-bond acceptors (Lipinski definition) is 4. The summed E-state index contributed by atoms with van der Waals surface area (Å²) in [5.74, 6) is 0. The van der Waals surface area contributed by atoms with Gasteiger partial charge in [0, 0.05) is 17.8 Å². The molecule has 0 bridgehead atoms. The SMILES string of the molecule is N#Cc1cc([N+](=O)[O-])ccc1Nc1ccc(Cl)c(Cl)c1. The van der Waals surface area contributed by atoms with Crippen molar-refractivity contribution < 1.29 is 4.92 Å². The van der Waals surface area contributed by atoms with Crippen LogP contribution in [-0.4, -0.2) is 4.92 Å². The van der Waals surface area contributed by atoms with Gasteiger partial charge >= 0.3 is 0 Å². The summed E-state index contributed by atoms with van der Waals surface area (Å²) < 4.78 is 0. The van der Waals surface area contributed by atoms with E-state index in [0.29, 0.717) is 21.4 Å². The number of non-ortho nitro benzene ring substituents is 1. The van der Waals surface area contributed by atoms with Crippen molar-refractivity contribution >= 4 is 40.3 Å². The summed E-state index contributed by atoms with van der Waals surface area (Å²) in [6.45, 7) is 0. The standard InChI is InChI=1S/C13H7Cl2N3O2/c14-11-3-1-9(6-12(11)15)17-13-4-2-10(18(19)20)5-8(13)7-16/h1-6,17H. The van der Waals surface area contributed by atoms with Crippen LogP contribution in [0.15, 0.2) is 36.4 Å². The smallest absolute Gasteiger partial charge is 0.270 e. The van der Waals surface area contributed by atoms with E-state index < -0.39 is 4.92 Å². The van der Waals surface area contributed by atoms with Gasteiger partial charge in [-0.1, -0.05) is 23.2 Å². The van der Waals surface area contributed by atoms with Crippen LogP contribution in [0.1, 0.15) is 5.56 Å². The molecule has 0 radical (unpaired) electrons. The number of rotatable bonds is 3. The number of nitrogens with zero attached hydrogens (tertiary/aromatic N) is 2. The molecule has 0 atom stereocenters.